The van der Waals surface area contributed by atoms with Gasteiger partial charge in [-0.25, -0.2) is 4.99 Å². The van der Waals surface area contributed by atoms with Gasteiger partial charge in [0.25, 0.3) is 0 Å². The van der Waals surface area contributed by atoms with Gasteiger partial charge in [0.05, 0.1) is 12.6 Å². The van der Waals surface area contributed by atoms with E-state index in [0.29, 0.717) is 18.6 Å². The highest BCUT2D eigenvalue weighted by molar-refractivity contribution is 14.0. The van der Waals surface area contributed by atoms with Crippen LogP contribution >= 0.6 is 24.0 Å². The summed E-state index contributed by atoms with van der Waals surface area (Å²) in [6.45, 7) is 5.61. The largest absolute Gasteiger partial charge is 0.490 e. The molecule has 5 heteroatoms. The summed E-state index contributed by atoms with van der Waals surface area (Å²) in [5, 5.41) is 3.09. The van der Waals surface area contributed by atoms with Crippen LogP contribution in [0.2, 0.25) is 0 Å². The third kappa shape index (κ3) is 6.02. The predicted octanol–water partition coefficient (Wildman–Crippen LogP) is 3.75. The number of rotatable bonds is 6. The molecule has 1 aromatic carbocycles. The normalized spacial score (nSPS) is 15.5. The second kappa shape index (κ2) is 9.92. The van der Waals surface area contributed by atoms with Crippen LogP contribution in [0.3, 0.4) is 0 Å². The number of aliphatic imine (C=N–C) groups is 1. The Morgan fingerprint density at radius 2 is 2.09 bits per heavy atom. The first-order valence-corrected chi connectivity index (χ1v) is 7.99. The lowest BCUT2D eigenvalue weighted by Crippen LogP contribution is -2.32. The van der Waals surface area contributed by atoms with Crippen LogP contribution in [0.5, 0.6) is 5.75 Å². The molecule has 0 atom stereocenters. The van der Waals surface area contributed by atoms with Gasteiger partial charge in [0.15, 0.2) is 5.96 Å². The van der Waals surface area contributed by atoms with Crippen LogP contribution in [-0.4, -0.2) is 18.6 Å². The minimum atomic E-state index is 0. The standard InChI is InChI=1S/C17H27N3O.HI/c1-3-10-19-17(18)20-12-14-9-8-13(2)11-16(14)21-15-6-4-5-7-15;/h8-9,11,15H,3-7,10,12H2,1-2H3,(H3,18,19,20);1H. The Morgan fingerprint density at radius 1 is 1.36 bits per heavy atom. The topological polar surface area (TPSA) is 59.6 Å². The van der Waals surface area contributed by atoms with Gasteiger partial charge in [0.1, 0.15) is 5.75 Å². The molecule has 0 radical (unpaired) electrons. The van der Waals surface area contributed by atoms with E-state index in [4.69, 9.17) is 10.5 Å². The van der Waals surface area contributed by atoms with Crippen LogP contribution in [0.1, 0.15) is 50.2 Å². The summed E-state index contributed by atoms with van der Waals surface area (Å²) >= 11 is 0. The first-order chi connectivity index (χ1) is 10.2. The molecule has 0 amide bonds. The molecule has 4 nitrogen and oxygen atoms in total. The molecule has 0 saturated heterocycles. The molecule has 0 aromatic heterocycles. The van der Waals surface area contributed by atoms with Crippen molar-refractivity contribution < 1.29 is 4.74 Å². The zero-order valence-corrected chi connectivity index (χ0v) is 15.9. The Hall–Kier alpha value is -0.980. The van der Waals surface area contributed by atoms with Gasteiger partial charge in [-0.2, -0.15) is 0 Å². The summed E-state index contributed by atoms with van der Waals surface area (Å²) < 4.78 is 6.17. The van der Waals surface area contributed by atoms with E-state index in [2.05, 4.69) is 42.4 Å². The van der Waals surface area contributed by atoms with Crippen LogP contribution in [0.15, 0.2) is 23.2 Å². The van der Waals surface area contributed by atoms with Crippen molar-refractivity contribution in [3.63, 3.8) is 0 Å². The van der Waals surface area contributed by atoms with Gasteiger partial charge in [-0.1, -0.05) is 19.1 Å². The molecule has 0 heterocycles. The summed E-state index contributed by atoms with van der Waals surface area (Å²) in [4.78, 5) is 4.40. The van der Waals surface area contributed by atoms with Crippen LogP contribution in [0.25, 0.3) is 0 Å². The molecule has 0 aliphatic heterocycles. The van der Waals surface area contributed by atoms with Crippen molar-refractivity contribution in [2.75, 3.05) is 6.54 Å². The number of hydrogen-bond acceptors (Lipinski definition) is 2. The minimum absolute atomic E-state index is 0. The van der Waals surface area contributed by atoms with E-state index in [1.807, 2.05) is 0 Å². The molecule has 1 saturated carbocycles. The van der Waals surface area contributed by atoms with Crippen LogP contribution in [-0.2, 0) is 6.54 Å². The van der Waals surface area contributed by atoms with Gasteiger partial charge in [-0.05, 0) is 50.7 Å². The second-order valence-electron chi connectivity index (χ2n) is 5.76. The van der Waals surface area contributed by atoms with E-state index in [1.54, 1.807) is 0 Å². The maximum absolute atomic E-state index is 6.17. The first-order valence-electron chi connectivity index (χ1n) is 7.99. The lowest BCUT2D eigenvalue weighted by Gasteiger charge is -2.16. The molecule has 124 valence electrons. The van der Waals surface area contributed by atoms with Crippen LogP contribution in [0.4, 0.5) is 0 Å². The molecule has 3 N–H and O–H groups in total. The zero-order chi connectivity index (χ0) is 15.1. The predicted molar refractivity (Wildman–Crippen MR) is 103 cm³/mol. The van der Waals surface area contributed by atoms with Crippen LogP contribution in [0, 0.1) is 6.92 Å². The van der Waals surface area contributed by atoms with E-state index in [-0.39, 0.29) is 24.0 Å². The highest BCUT2D eigenvalue weighted by Crippen LogP contribution is 2.28. The maximum Gasteiger partial charge on any atom is 0.188 e. The molecule has 1 aromatic rings. The first kappa shape index (κ1) is 19.1. The fourth-order valence-corrected chi connectivity index (χ4v) is 2.57. The van der Waals surface area contributed by atoms with Crippen molar-refractivity contribution in [1.82, 2.24) is 5.32 Å². The van der Waals surface area contributed by atoms with Crippen molar-refractivity contribution in [3.8, 4) is 5.75 Å². The number of nitrogens with two attached hydrogens (primary N) is 1. The van der Waals surface area contributed by atoms with Gasteiger partial charge < -0.3 is 15.8 Å². The summed E-state index contributed by atoms with van der Waals surface area (Å²) in [7, 11) is 0. The lowest BCUT2D eigenvalue weighted by atomic mass is 10.1. The molecule has 1 aliphatic carbocycles. The number of aryl methyl sites for hydroxylation is 1. The van der Waals surface area contributed by atoms with E-state index in [0.717, 1.165) is 37.1 Å². The second-order valence-corrected chi connectivity index (χ2v) is 5.76. The van der Waals surface area contributed by atoms with E-state index >= 15 is 0 Å². The molecular weight excluding hydrogens is 389 g/mol. The molecule has 2 rings (SSSR count). The average Bonchev–Trinajstić information content (AvgIpc) is 2.97. The molecule has 0 spiro atoms. The fraction of sp³-hybridized carbons (Fsp3) is 0.588. The van der Waals surface area contributed by atoms with Crippen molar-refractivity contribution in [1.29, 1.82) is 0 Å². The van der Waals surface area contributed by atoms with Gasteiger partial charge in [-0.15, -0.1) is 24.0 Å². The minimum Gasteiger partial charge on any atom is -0.490 e. The summed E-state index contributed by atoms with van der Waals surface area (Å²) in [6.07, 6.45) is 6.28. The average molecular weight is 417 g/mol. The highest BCUT2D eigenvalue weighted by Gasteiger charge is 2.17. The quantitative estimate of drug-likeness (QED) is 0.421. The van der Waals surface area contributed by atoms with Gasteiger partial charge in [0, 0.05) is 12.1 Å². The Morgan fingerprint density at radius 3 is 2.77 bits per heavy atom. The van der Waals surface area contributed by atoms with E-state index in [9.17, 15) is 0 Å². The van der Waals surface area contributed by atoms with Crippen molar-refractivity contribution in [2.45, 2.75) is 58.6 Å². The number of guanidine groups is 1. The number of nitrogens with one attached hydrogen (secondary N) is 1. The molecular formula is C17H28IN3O. The van der Waals surface area contributed by atoms with Crippen LogP contribution < -0.4 is 15.8 Å². The van der Waals surface area contributed by atoms with Crippen molar-refractivity contribution in [3.05, 3.63) is 29.3 Å². The Balaban J connectivity index is 0.00000242. The third-order valence-electron chi connectivity index (χ3n) is 3.79. The smallest absolute Gasteiger partial charge is 0.188 e. The maximum atomic E-state index is 6.17. The van der Waals surface area contributed by atoms with Crippen molar-refractivity contribution in [2.24, 2.45) is 10.7 Å². The van der Waals surface area contributed by atoms with E-state index < -0.39 is 0 Å². The monoisotopic (exact) mass is 417 g/mol. The number of halogens is 1. The highest BCUT2D eigenvalue weighted by atomic mass is 127. The fourth-order valence-electron chi connectivity index (χ4n) is 2.57. The number of benzene rings is 1. The summed E-state index contributed by atoms with van der Waals surface area (Å²) in [5.74, 6) is 1.47. The Bertz CT molecular complexity index is 485. The SMILES string of the molecule is CCCNC(N)=NCc1ccc(C)cc1OC1CCCC1.I. The molecule has 0 unspecified atom stereocenters. The third-order valence-corrected chi connectivity index (χ3v) is 3.79. The Kier molecular flexibility index (Phi) is 8.60. The number of ether oxygens (including phenoxy) is 1. The van der Waals surface area contributed by atoms with Gasteiger partial charge in [-0.3, -0.25) is 0 Å². The van der Waals surface area contributed by atoms with Gasteiger partial charge >= 0.3 is 0 Å². The zero-order valence-electron chi connectivity index (χ0n) is 13.6. The number of hydrogen-bond donors (Lipinski definition) is 2. The molecule has 1 aliphatic rings. The molecule has 0 bridgehead atoms. The molecule has 22 heavy (non-hydrogen) atoms. The Labute approximate surface area is 150 Å². The van der Waals surface area contributed by atoms with Gasteiger partial charge in [0.2, 0.25) is 0 Å². The number of nitrogens with zero attached hydrogens (tertiary/aromatic N) is 1. The molecule has 1 fully saturated rings. The lowest BCUT2D eigenvalue weighted by molar-refractivity contribution is 0.208. The van der Waals surface area contributed by atoms with Crippen molar-refractivity contribution >= 4 is 29.9 Å². The summed E-state index contributed by atoms with van der Waals surface area (Å²) in [5.41, 5.74) is 8.17. The van der Waals surface area contributed by atoms with E-state index in [1.165, 1.54) is 18.4 Å². The summed E-state index contributed by atoms with van der Waals surface area (Å²) in [6, 6.07) is 6.30.